The zero-order valence-corrected chi connectivity index (χ0v) is 17.9. The second kappa shape index (κ2) is 10.4. The summed E-state index contributed by atoms with van der Waals surface area (Å²) in [5, 5.41) is 21.5. The molecule has 0 aliphatic heterocycles. The van der Waals surface area contributed by atoms with Crippen LogP contribution in [-0.2, 0) is 16.8 Å². The topological polar surface area (TPSA) is 49.7 Å². The third-order valence-electron chi connectivity index (χ3n) is 5.74. The van der Waals surface area contributed by atoms with E-state index in [0.717, 1.165) is 22.3 Å². The molecule has 32 heavy (non-hydrogen) atoms. The highest BCUT2D eigenvalue weighted by molar-refractivity contribution is 5.47. The molecule has 0 saturated carbocycles. The summed E-state index contributed by atoms with van der Waals surface area (Å²) in [6.07, 6.45) is -1.61. The van der Waals surface area contributed by atoms with Gasteiger partial charge in [-0.1, -0.05) is 121 Å². The van der Waals surface area contributed by atoms with Gasteiger partial charge in [0.25, 0.3) is 0 Å². The standard InChI is InChI=1S/C29H28O3/c30-27(21-23-13-5-1-6-14-23)28(31)22-32-29(24-15-7-2-8-16-24,25-17-9-3-10-18-25)26-19-11-4-12-20-26/h1-20,27-28,30-31H,21-22H2. The fourth-order valence-electron chi connectivity index (χ4n) is 4.08. The van der Waals surface area contributed by atoms with Crippen LogP contribution >= 0.6 is 0 Å². The molecular formula is C29H28O3. The largest absolute Gasteiger partial charge is 0.390 e. The Balaban J connectivity index is 1.68. The minimum Gasteiger partial charge on any atom is -0.390 e. The second-order valence-electron chi connectivity index (χ2n) is 7.91. The van der Waals surface area contributed by atoms with Crippen molar-refractivity contribution in [3.63, 3.8) is 0 Å². The van der Waals surface area contributed by atoms with Crippen molar-refractivity contribution < 1.29 is 14.9 Å². The van der Waals surface area contributed by atoms with Crippen LogP contribution < -0.4 is 0 Å². The van der Waals surface area contributed by atoms with Crippen molar-refractivity contribution in [3.8, 4) is 0 Å². The van der Waals surface area contributed by atoms with Gasteiger partial charge < -0.3 is 14.9 Å². The molecule has 0 aromatic heterocycles. The molecule has 4 rings (SSSR count). The van der Waals surface area contributed by atoms with E-state index in [1.54, 1.807) is 0 Å². The quantitative estimate of drug-likeness (QED) is 0.374. The first-order chi connectivity index (χ1) is 15.7. The van der Waals surface area contributed by atoms with E-state index in [9.17, 15) is 10.2 Å². The van der Waals surface area contributed by atoms with Gasteiger partial charge in [-0.25, -0.2) is 0 Å². The molecule has 0 saturated heterocycles. The summed E-state index contributed by atoms with van der Waals surface area (Å²) in [6.45, 7) is -0.0211. The zero-order valence-electron chi connectivity index (χ0n) is 17.9. The van der Waals surface area contributed by atoms with Crippen molar-refractivity contribution >= 4 is 0 Å². The van der Waals surface area contributed by atoms with Gasteiger partial charge in [0.1, 0.15) is 11.7 Å². The third kappa shape index (κ3) is 4.81. The highest BCUT2D eigenvalue weighted by atomic mass is 16.5. The van der Waals surface area contributed by atoms with Gasteiger partial charge in [-0.05, 0) is 22.3 Å². The van der Waals surface area contributed by atoms with Gasteiger partial charge >= 0.3 is 0 Å². The number of rotatable bonds is 9. The van der Waals surface area contributed by atoms with Crippen LogP contribution in [0.1, 0.15) is 22.3 Å². The minimum absolute atomic E-state index is 0.0211. The van der Waals surface area contributed by atoms with Crippen LogP contribution in [0.25, 0.3) is 0 Å². The molecule has 0 radical (unpaired) electrons. The van der Waals surface area contributed by atoms with Crippen LogP contribution in [0.3, 0.4) is 0 Å². The molecular weight excluding hydrogens is 396 g/mol. The van der Waals surface area contributed by atoms with Gasteiger partial charge in [-0.2, -0.15) is 0 Å². The van der Waals surface area contributed by atoms with Gasteiger partial charge in [0.05, 0.1) is 12.7 Å². The number of aliphatic hydroxyl groups excluding tert-OH is 2. The highest BCUT2D eigenvalue weighted by Gasteiger charge is 2.38. The zero-order chi connectivity index (χ0) is 22.2. The summed E-state index contributed by atoms with van der Waals surface area (Å²) in [7, 11) is 0. The van der Waals surface area contributed by atoms with Crippen LogP contribution in [-0.4, -0.2) is 29.0 Å². The molecule has 0 bridgehead atoms. The van der Waals surface area contributed by atoms with E-state index >= 15 is 0 Å². The summed E-state index contributed by atoms with van der Waals surface area (Å²) in [5.74, 6) is 0. The van der Waals surface area contributed by atoms with Crippen LogP contribution in [0.15, 0.2) is 121 Å². The first-order valence-electron chi connectivity index (χ1n) is 10.9. The molecule has 162 valence electrons. The van der Waals surface area contributed by atoms with Gasteiger partial charge in [0.2, 0.25) is 0 Å². The molecule has 4 aromatic carbocycles. The molecule has 0 fully saturated rings. The number of benzene rings is 4. The maximum atomic E-state index is 10.8. The predicted molar refractivity (Wildman–Crippen MR) is 127 cm³/mol. The van der Waals surface area contributed by atoms with Crippen molar-refractivity contribution in [1.82, 2.24) is 0 Å². The van der Waals surface area contributed by atoms with E-state index in [1.165, 1.54) is 0 Å². The first-order valence-corrected chi connectivity index (χ1v) is 10.9. The fraction of sp³-hybridized carbons (Fsp3) is 0.172. The average molecular weight is 425 g/mol. The number of aliphatic hydroxyl groups is 2. The molecule has 2 unspecified atom stereocenters. The Morgan fingerprint density at radius 3 is 1.31 bits per heavy atom. The SMILES string of the molecule is OC(COC(c1ccccc1)(c1ccccc1)c1ccccc1)C(O)Cc1ccccc1. The van der Waals surface area contributed by atoms with Crippen molar-refractivity contribution in [3.05, 3.63) is 144 Å². The Morgan fingerprint density at radius 2 is 0.906 bits per heavy atom. The van der Waals surface area contributed by atoms with E-state index < -0.39 is 17.8 Å². The van der Waals surface area contributed by atoms with Crippen LogP contribution in [0.2, 0.25) is 0 Å². The van der Waals surface area contributed by atoms with Crippen LogP contribution in [0.5, 0.6) is 0 Å². The van der Waals surface area contributed by atoms with E-state index in [2.05, 4.69) is 0 Å². The maximum absolute atomic E-state index is 10.8. The van der Waals surface area contributed by atoms with Gasteiger partial charge in [-0.15, -0.1) is 0 Å². The monoisotopic (exact) mass is 424 g/mol. The van der Waals surface area contributed by atoms with Gasteiger partial charge in [0.15, 0.2) is 0 Å². The maximum Gasteiger partial charge on any atom is 0.143 e. The van der Waals surface area contributed by atoms with E-state index in [1.807, 2.05) is 121 Å². The lowest BCUT2D eigenvalue weighted by molar-refractivity contribution is -0.0778. The Morgan fingerprint density at radius 1 is 0.531 bits per heavy atom. The lowest BCUT2D eigenvalue weighted by Gasteiger charge is -2.37. The summed E-state index contributed by atoms with van der Waals surface area (Å²) in [4.78, 5) is 0. The number of ether oxygens (including phenoxy) is 1. The third-order valence-corrected chi connectivity index (χ3v) is 5.74. The fourth-order valence-corrected chi connectivity index (χ4v) is 4.08. The lowest BCUT2D eigenvalue weighted by atomic mass is 9.80. The molecule has 0 aliphatic rings. The molecule has 0 spiro atoms. The molecule has 0 heterocycles. The normalized spacial score (nSPS) is 13.4. The smallest absolute Gasteiger partial charge is 0.143 e. The predicted octanol–water partition coefficient (Wildman–Crippen LogP) is 4.96. The van der Waals surface area contributed by atoms with Crippen molar-refractivity contribution in [1.29, 1.82) is 0 Å². The number of hydrogen-bond donors (Lipinski definition) is 2. The molecule has 0 aliphatic carbocycles. The Bertz CT molecular complexity index is 970. The Kier molecular flexibility index (Phi) is 7.13. The first kappa shape index (κ1) is 22.0. The summed E-state index contributed by atoms with van der Waals surface area (Å²) in [5.41, 5.74) is 2.93. The van der Waals surface area contributed by atoms with Gasteiger partial charge in [0, 0.05) is 6.42 Å². The molecule has 2 N–H and O–H groups in total. The highest BCUT2D eigenvalue weighted by Crippen LogP contribution is 2.40. The van der Waals surface area contributed by atoms with Crippen LogP contribution in [0, 0.1) is 0 Å². The second-order valence-corrected chi connectivity index (χ2v) is 7.91. The minimum atomic E-state index is -1.04. The Hall–Kier alpha value is -3.24. The van der Waals surface area contributed by atoms with E-state index in [4.69, 9.17) is 4.74 Å². The molecule has 3 nitrogen and oxygen atoms in total. The van der Waals surface area contributed by atoms with Crippen LogP contribution in [0.4, 0.5) is 0 Å². The number of hydrogen-bond acceptors (Lipinski definition) is 3. The lowest BCUT2D eigenvalue weighted by Crippen LogP contribution is -2.39. The van der Waals surface area contributed by atoms with E-state index in [0.29, 0.717) is 6.42 Å². The van der Waals surface area contributed by atoms with Gasteiger partial charge in [-0.3, -0.25) is 0 Å². The summed E-state index contributed by atoms with van der Waals surface area (Å²) in [6, 6.07) is 39.7. The van der Waals surface area contributed by atoms with Crippen molar-refractivity contribution in [2.45, 2.75) is 24.2 Å². The Labute approximate surface area is 189 Å². The molecule has 4 aromatic rings. The van der Waals surface area contributed by atoms with Crippen molar-refractivity contribution in [2.75, 3.05) is 6.61 Å². The molecule has 0 amide bonds. The van der Waals surface area contributed by atoms with Crippen molar-refractivity contribution in [2.24, 2.45) is 0 Å². The molecule has 2 atom stereocenters. The van der Waals surface area contributed by atoms with E-state index in [-0.39, 0.29) is 6.61 Å². The average Bonchev–Trinajstić information content (AvgIpc) is 2.87. The summed E-state index contributed by atoms with van der Waals surface area (Å²) < 4.78 is 6.60. The summed E-state index contributed by atoms with van der Waals surface area (Å²) >= 11 is 0. The molecule has 3 heteroatoms.